The van der Waals surface area contributed by atoms with Crippen molar-refractivity contribution >= 4 is 6.03 Å². The zero-order valence-corrected chi connectivity index (χ0v) is 12.9. The Morgan fingerprint density at radius 2 is 2.13 bits per heavy atom. The quantitative estimate of drug-likeness (QED) is 0.892. The van der Waals surface area contributed by atoms with E-state index in [-0.39, 0.29) is 18.1 Å². The summed E-state index contributed by atoms with van der Waals surface area (Å²) in [5.41, 5.74) is 0.891. The third kappa shape index (κ3) is 6.05. The monoisotopic (exact) mass is 330 g/mol. The molecule has 0 saturated carbocycles. The number of nitrogens with zero attached hydrogens (tertiary/aromatic N) is 2. The molecule has 2 rings (SSSR count). The zero-order valence-electron chi connectivity index (χ0n) is 12.9. The minimum atomic E-state index is -4.17. The Balaban J connectivity index is 1.73. The summed E-state index contributed by atoms with van der Waals surface area (Å²) < 4.78 is 37.0. The average Bonchev–Trinajstić information content (AvgIpc) is 2.48. The molecule has 5 nitrogen and oxygen atoms in total. The Hall–Kier alpha value is -1.83. The molecule has 2 N–H and O–H groups in total. The first-order valence-corrected chi connectivity index (χ1v) is 7.59. The van der Waals surface area contributed by atoms with Crippen molar-refractivity contribution < 1.29 is 18.0 Å². The number of amides is 2. The molecule has 0 radical (unpaired) electrons. The van der Waals surface area contributed by atoms with Crippen molar-refractivity contribution in [3.8, 4) is 0 Å². The number of urea groups is 1. The molecule has 2 heterocycles. The highest BCUT2D eigenvalue weighted by Crippen LogP contribution is 2.19. The Kier molecular flexibility index (Phi) is 5.81. The van der Waals surface area contributed by atoms with Gasteiger partial charge in [0.1, 0.15) is 0 Å². The summed E-state index contributed by atoms with van der Waals surface area (Å²) in [4.78, 5) is 17.3. The molecule has 1 atom stereocenters. The van der Waals surface area contributed by atoms with Crippen LogP contribution < -0.4 is 10.6 Å². The van der Waals surface area contributed by atoms with Gasteiger partial charge in [0.2, 0.25) is 0 Å². The van der Waals surface area contributed by atoms with Crippen LogP contribution in [-0.2, 0) is 0 Å². The second-order valence-electron chi connectivity index (χ2n) is 5.79. The highest BCUT2D eigenvalue weighted by atomic mass is 19.4. The molecule has 8 heteroatoms. The molecule has 0 bridgehead atoms. The molecule has 0 spiro atoms. The first-order valence-electron chi connectivity index (χ1n) is 7.59. The average molecular weight is 330 g/mol. The van der Waals surface area contributed by atoms with Crippen molar-refractivity contribution in [2.75, 3.05) is 19.6 Å². The van der Waals surface area contributed by atoms with Gasteiger partial charge in [-0.05, 0) is 31.4 Å². The Morgan fingerprint density at radius 1 is 1.43 bits per heavy atom. The SMILES string of the molecule is CC(NC(=O)NC1CCN(CC(F)(F)F)CC1)c1cccnc1. The largest absolute Gasteiger partial charge is 0.401 e. The maximum atomic E-state index is 12.3. The summed E-state index contributed by atoms with van der Waals surface area (Å²) in [7, 11) is 0. The number of carbonyl (C=O) groups excluding carboxylic acids is 1. The number of carbonyl (C=O) groups is 1. The predicted octanol–water partition coefficient (Wildman–Crippen LogP) is 2.47. The highest BCUT2D eigenvalue weighted by molar-refractivity contribution is 5.74. The van der Waals surface area contributed by atoms with E-state index >= 15 is 0 Å². The number of piperidine rings is 1. The molecule has 1 aromatic rings. The summed E-state index contributed by atoms with van der Waals surface area (Å²) >= 11 is 0. The lowest BCUT2D eigenvalue weighted by Crippen LogP contribution is -2.49. The summed E-state index contributed by atoms with van der Waals surface area (Å²) in [6.07, 6.45) is 0.206. The molecule has 1 aliphatic rings. The number of halogens is 3. The topological polar surface area (TPSA) is 57.3 Å². The number of rotatable bonds is 4. The van der Waals surface area contributed by atoms with Gasteiger partial charge in [-0.3, -0.25) is 9.88 Å². The summed E-state index contributed by atoms with van der Waals surface area (Å²) in [5, 5.41) is 5.63. The minimum absolute atomic E-state index is 0.0967. The van der Waals surface area contributed by atoms with Crippen molar-refractivity contribution in [2.24, 2.45) is 0 Å². The fraction of sp³-hybridized carbons (Fsp3) is 0.600. The van der Waals surface area contributed by atoms with Gasteiger partial charge < -0.3 is 10.6 Å². The van der Waals surface area contributed by atoms with Gasteiger partial charge in [0.05, 0.1) is 12.6 Å². The van der Waals surface area contributed by atoms with Crippen LogP contribution in [0.5, 0.6) is 0 Å². The van der Waals surface area contributed by atoms with Gasteiger partial charge in [-0.1, -0.05) is 6.07 Å². The predicted molar refractivity (Wildman–Crippen MR) is 79.8 cm³/mol. The van der Waals surface area contributed by atoms with Crippen molar-refractivity contribution in [1.82, 2.24) is 20.5 Å². The molecule has 128 valence electrons. The number of hydrogen-bond acceptors (Lipinski definition) is 3. The van der Waals surface area contributed by atoms with E-state index in [1.165, 1.54) is 4.90 Å². The Bertz CT molecular complexity index is 501. The van der Waals surface area contributed by atoms with Crippen LogP contribution in [0.4, 0.5) is 18.0 Å². The zero-order chi connectivity index (χ0) is 16.9. The molecule has 1 unspecified atom stereocenters. The van der Waals surface area contributed by atoms with Crippen LogP contribution in [0.2, 0.25) is 0 Å². The van der Waals surface area contributed by atoms with Crippen LogP contribution in [-0.4, -0.2) is 47.8 Å². The van der Waals surface area contributed by atoms with Gasteiger partial charge in [-0.2, -0.15) is 13.2 Å². The summed E-state index contributed by atoms with van der Waals surface area (Å²) in [6.45, 7) is 1.64. The van der Waals surface area contributed by atoms with Crippen molar-refractivity contribution in [2.45, 2.75) is 38.0 Å². The molecular weight excluding hydrogens is 309 g/mol. The first kappa shape index (κ1) is 17.5. The van der Waals surface area contributed by atoms with Gasteiger partial charge in [-0.25, -0.2) is 4.79 Å². The van der Waals surface area contributed by atoms with E-state index in [0.29, 0.717) is 25.9 Å². The highest BCUT2D eigenvalue weighted by Gasteiger charge is 2.32. The fourth-order valence-electron chi connectivity index (χ4n) is 2.63. The van der Waals surface area contributed by atoms with Crippen LogP contribution in [0.3, 0.4) is 0 Å². The summed E-state index contributed by atoms with van der Waals surface area (Å²) in [5.74, 6) is 0. The third-order valence-corrected chi connectivity index (χ3v) is 3.86. The number of aromatic nitrogens is 1. The van der Waals surface area contributed by atoms with Gasteiger partial charge in [0.15, 0.2) is 0 Å². The number of hydrogen-bond donors (Lipinski definition) is 2. The number of pyridine rings is 1. The molecular formula is C15H21F3N4O. The minimum Gasteiger partial charge on any atom is -0.335 e. The molecule has 2 amide bonds. The van der Waals surface area contributed by atoms with Gasteiger partial charge in [-0.15, -0.1) is 0 Å². The lowest BCUT2D eigenvalue weighted by Gasteiger charge is -2.32. The van der Waals surface area contributed by atoms with Crippen LogP contribution in [0.15, 0.2) is 24.5 Å². The number of nitrogens with one attached hydrogen (secondary N) is 2. The van der Waals surface area contributed by atoms with Crippen LogP contribution in [0.25, 0.3) is 0 Å². The van der Waals surface area contributed by atoms with Gasteiger partial charge in [0, 0.05) is 31.5 Å². The smallest absolute Gasteiger partial charge is 0.335 e. The van der Waals surface area contributed by atoms with E-state index in [4.69, 9.17) is 0 Å². The standard InChI is InChI=1S/C15H21F3N4O/c1-11(12-3-2-6-19-9-12)20-14(23)21-13-4-7-22(8-5-13)10-15(16,17)18/h2-3,6,9,11,13H,4-5,7-8,10H2,1H3,(H2,20,21,23). The molecule has 0 aliphatic carbocycles. The summed E-state index contributed by atoms with van der Waals surface area (Å²) in [6, 6.07) is 3.07. The number of likely N-dealkylation sites (tertiary alicyclic amines) is 1. The van der Waals surface area contributed by atoms with E-state index in [2.05, 4.69) is 15.6 Å². The molecule has 0 aromatic carbocycles. The third-order valence-electron chi connectivity index (χ3n) is 3.86. The van der Waals surface area contributed by atoms with Crippen LogP contribution in [0, 0.1) is 0 Å². The normalized spacial score (nSPS) is 18.4. The maximum absolute atomic E-state index is 12.3. The number of alkyl halides is 3. The Morgan fingerprint density at radius 3 is 2.70 bits per heavy atom. The van der Waals surface area contributed by atoms with E-state index < -0.39 is 12.7 Å². The second-order valence-corrected chi connectivity index (χ2v) is 5.79. The second kappa shape index (κ2) is 7.63. The van der Waals surface area contributed by atoms with E-state index in [1.54, 1.807) is 18.5 Å². The van der Waals surface area contributed by atoms with Crippen molar-refractivity contribution in [3.05, 3.63) is 30.1 Å². The van der Waals surface area contributed by atoms with E-state index in [1.807, 2.05) is 13.0 Å². The lowest BCUT2D eigenvalue weighted by atomic mass is 10.1. The maximum Gasteiger partial charge on any atom is 0.401 e. The molecule has 1 aliphatic heterocycles. The lowest BCUT2D eigenvalue weighted by molar-refractivity contribution is -0.148. The molecule has 1 fully saturated rings. The molecule has 1 saturated heterocycles. The Labute approximate surface area is 133 Å². The van der Waals surface area contributed by atoms with Crippen LogP contribution in [0.1, 0.15) is 31.4 Å². The van der Waals surface area contributed by atoms with Crippen molar-refractivity contribution in [3.63, 3.8) is 0 Å². The van der Waals surface area contributed by atoms with Crippen LogP contribution >= 0.6 is 0 Å². The van der Waals surface area contributed by atoms with E-state index in [9.17, 15) is 18.0 Å². The first-order chi connectivity index (χ1) is 10.8. The van der Waals surface area contributed by atoms with Crippen molar-refractivity contribution in [1.29, 1.82) is 0 Å². The van der Waals surface area contributed by atoms with Gasteiger partial charge >= 0.3 is 12.2 Å². The fourth-order valence-corrected chi connectivity index (χ4v) is 2.63. The van der Waals surface area contributed by atoms with E-state index in [0.717, 1.165) is 5.56 Å². The molecule has 23 heavy (non-hydrogen) atoms. The van der Waals surface area contributed by atoms with Gasteiger partial charge in [0.25, 0.3) is 0 Å². The molecule has 1 aromatic heterocycles.